The Bertz CT molecular complexity index is 942. The minimum atomic E-state index is -0.723. The third-order valence-electron chi connectivity index (χ3n) is 6.40. The Morgan fingerprint density at radius 3 is 2.83 bits per heavy atom. The molecule has 3 heterocycles. The lowest BCUT2D eigenvalue weighted by Gasteiger charge is -2.23. The molecule has 0 bridgehead atoms. The van der Waals surface area contributed by atoms with Gasteiger partial charge >= 0.3 is 0 Å². The number of fused-ring (bicyclic) bond motifs is 5. The van der Waals surface area contributed by atoms with E-state index in [1.807, 2.05) is 23.1 Å². The Morgan fingerprint density at radius 1 is 1.07 bits per heavy atom. The third-order valence-corrected chi connectivity index (χ3v) is 6.40. The predicted molar refractivity (Wildman–Crippen MR) is 113 cm³/mol. The first-order chi connectivity index (χ1) is 14.3. The van der Waals surface area contributed by atoms with E-state index in [0.29, 0.717) is 13.2 Å². The molecule has 1 amide bonds. The van der Waals surface area contributed by atoms with Crippen LogP contribution in [0.3, 0.4) is 0 Å². The van der Waals surface area contributed by atoms with Crippen LogP contribution >= 0.6 is 0 Å². The first kappa shape index (κ1) is 18.5. The van der Waals surface area contributed by atoms with Gasteiger partial charge in [0, 0.05) is 30.3 Å². The van der Waals surface area contributed by atoms with Crippen LogP contribution in [0.5, 0.6) is 11.5 Å². The number of amides is 1. The number of nitrogens with one attached hydrogen (secondary N) is 1. The molecule has 1 N–H and O–H groups in total. The maximum atomic E-state index is 13.8. The second-order valence-corrected chi connectivity index (χ2v) is 8.18. The molecule has 3 aliphatic heterocycles. The van der Waals surface area contributed by atoms with Gasteiger partial charge in [-0.25, -0.2) is 0 Å². The van der Waals surface area contributed by atoms with E-state index in [1.54, 1.807) is 0 Å². The number of hydrogen-bond acceptors (Lipinski definition) is 4. The van der Waals surface area contributed by atoms with E-state index in [2.05, 4.69) is 30.4 Å². The highest BCUT2D eigenvalue weighted by Gasteiger charge is 2.56. The predicted octanol–water partition coefficient (Wildman–Crippen LogP) is 3.43. The van der Waals surface area contributed by atoms with Crippen molar-refractivity contribution in [1.82, 2.24) is 5.32 Å². The molecule has 29 heavy (non-hydrogen) atoms. The highest BCUT2D eigenvalue weighted by atomic mass is 16.5. The SMILES string of the molecule is CCCCNCCCN1C(=O)C2(COc3cc4c(cc32)CCO4)c2ccccc21. The number of anilines is 1. The van der Waals surface area contributed by atoms with E-state index in [0.717, 1.165) is 60.8 Å². The van der Waals surface area contributed by atoms with Crippen molar-refractivity contribution >= 4 is 11.6 Å². The number of unbranched alkanes of at least 4 members (excludes halogenated alkanes) is 1. The molecule has 5 heteroatoms. The van der Waals surface area contributed by atoms with Crippen LogP contribution in [0.15, 0.2) is 36.4 Å². The fraction of sp³-hybridized carbons (Fsp3) is 0.458. The summed E-state index contributed by atoms with van der Waals surface area (Å²) in [6.45, 7) is 5.96. The largest absolute Gasteiger partial charge is 0.493 e. The van der Waals surface area contributed by atoms with Crippen LogP contribution in [0.1, 0.15) is 42.9 Å². The Hall–Kier alpha value is -2.53. The van der Waals surface area contributed by atoms with E-state index in [-0.39, 0.29) is 5.91 Å². The molecule has 1 spiro atoms. The molecule has 2 aromatic rings. The molecule has 152 valence electrons. The standard InChI is InChI=1S/C24H28N2O3/c1-2-3-10-25-11-6-12-26-20-8-5-4-7-18(20)24(23(26)27)16-29-22-15-21-17(9-13-28-21)14-19(22)24/h4-5,7-8,14-15,25H,2-3,6,9-13,16H2,1H3. The van der Waals surface area contributed by atoms with E-state index in [1.165, 1.54) is 18.4 Å². The number of para-hydroxylation sites is 1. The lowest BCUT2D eigenvalue weighted by Crippen LogP contribution is -2.43. The third kappa shape index (κ3) is 2.83. The Kier molecular flexibility index (Phi) is 4.70. The van der Waals surface area contributed by atoms with Crippen molar-refractivity contribution in [3.63, 3.8) is 0 Å². The maximum Gasteiger partial charge on any atom is 0.245 e. The van der Waals surface area contributed by atoms with Crippen LogP contribution < -0.4 is 19.7 Å². The van der Waals surface area contributed by atoms with E-state index in [4.69, 9.17) is 9.47 Å². The van der Waals surface area contributed by atoms with Crippen LogP contribution in [0.4, 0.5) is 5.69 Å². The fourth-order valence-electron chi connectivity index (χ4n) is 4.86. The molecule has 1 atom stereocenters. The Labute approximate surface area is 172 Å². The average molecular weight is 392 g/mol. The number of nitrogens with zero attached hydrogens (tertiary/aromatic N) is 1. The Balaban J connectivity index is 1.45. The first-order valence-electron chi connectivity index (χ1n) is 10.8. The fourth-order valence-corrected chi connectivity index (χ4v) is 4.86. The molecule has 0 saturated heterocycles. The van der Waals surface area contributed by atoms with Crippen molar-refractivity contribution < 1.29 is 14.3 Å². The highest BCUT2D eigenvalue weighted by molar-refractivity contribution is 6.11. The molecular formula is C24H28N2O3. The van der Waals surface area contributed by atoms with Crippen molar-refractivity contribution in [2.24, 2.45) is 0 Å². The van der Waals surface area contributed by atoms with Crippen molar-refractivity contribution in [2.75, 3.05) is 37.7 Å². The zero-order valence-electron chi connectivity index (χ0n) is 17.0. The number of benzene rings is 2. The minimum Gasteiger partial charge on any atom is -0.493 e. The summed E-state index contributed by atoms with van der Waals surface area (Å²) in [5.74, 6) is 1.83. The summed E-state index contributed by atoms with van der Waals surface area (Å²) in [7, 11) is 0. The van der Waals surface area contributed by atoms with Crippen LogP contribution in [0.25, 0.3) is 0 Å². The zero-order chi connectivity index (χ0) is 19.8. The monoisotopic (exact) mass is 392 g/mol. The topological polar surface area (TPSA) is 50.8 Å². The van der Waals surface area contributed by atoms with Crippen molar-refractivity contribution in [1.29, 1.82) is 0 Å². The summed E-state index contributed by atoms with van der Waals surface area (Å²) in [5, 5.41) is 3.48. The van der Waals surface area contributed by atoms with Gasteiger partial charge in [0.2, 0.25) is 5.91 Å². The van der Waals surface area contributed by atoms with Crippen LogP contribution in [-0.2, 0) is 16.6 Å². The van der Waals surface area contributed by atoms with Crippen molar-refractivity contribution in [2.45, 2.75) is 38.0 Å². The normalized spacial score (nSPS) is 21.1. The van der Waals surface area contributed by atoms with Gasteiger partial charge in [0.05, 0.1) is 6.61 Å². The smallest absolute Gasteiger partial charge is 0.245 e. The van der Waals surface area contributed by atoms with Crippen molar-refractivity contribution in [3.8, 4) is 11.5 Å². The van der Waals surface area contributed by atoms with E-state index >= 15 is 0 Å². The molecular weight excluding hydrogens is 364 g/mol. The summed E-state index contributed by atoms with van der Waals surface area (Å²) in [5.41, 5.74) is 3.56. The molecule has 3 aliphatic rings. The van der Waals surface area contributed by atoms with Gasteiger partial charge in [0.1, 0.15) is 23.5 Å². The molecule has 0 aromatic heterocycles. The summed E-state index contributed by atoms with van der Waals surface area (Å²) in [6, 6.07) is 12.3. The molecule has 5 nitrogen and oxygen atoms in total. The molecule has 0 saturated carbocycles. The molecule has 0 radical (unpaired) electrons. The number of rotatable bonds is 7. The number of carbonyl (C=O) groups is 1. The summed E-state index contributed by atoms with van der Waals surface area (Å²) < 4.78 is 11.8. The minimum absolute atomic E-state index is 0.143. The average Bonchev–Trinajstić information content (AvgIpc) is 3.41. The van der Waals surface area contributed by atoms with E-state index in [9.17, 15) is 4.79 Å². The quantitative estimate of drug-likeness (QED) is 0.734. The van der Waals surface area contributed by atoms with Gasteiger partial charge in [-0.05, 0) is 49.2 Å². The van der Waals surface area contributed by atoms with Crippen LogP contribution in [0.2, 0.25) is 0 Å². The summed E-state index contributed by atoms with van der Waals surface area (Å²) in [4.78, 5) is 15.8. The Morgan fingerprint density at radius 2 is 1.93 bits per heavy atom. The molecule has 0 aliphatic carbocycles. The lowest BCUT2D eigenvalue weighted by atomic mass is 9.76. The van der Waals surface area contributed by atoms with Gasteiger partial charge in [-0.2, -0.15) is 0 Å². The molecule has 2 aromatic carbocycles. The van der Waals surface area contributed by atoms with Crippen LogP contribution in [-0.4, -0.2) is 38.8 Å². The van der Waals surface area contributed by atoms with Gasteiger partial charge in [0.25, 0.3) is 0 Å². The van der Waals surface area contributed by atoms with Gasteiger partial charge in [0.15, 0.2) is 0 Å². The second kappa shape index (κ2) is 7.38. The molecule has 5 rings (SSSR count). The number of hydrogen-bond donors (Lipinski definition) is 1. The van der Waals surface area contributed by atoms with Gasteiger partial charge in [-0.1, -0.05) is 31.5 Å². The van der Waals surface area contributed by atoms with E-state index < -0.39 is 5.41 Å². The molecule has 0 fully saturated rings. The number of carbonyl (C=O) groups excluding carboxylic acids is 1. The van der Waals surface area contributed by atoms with Crippen molar-refractivity contribution in [3.05, 3.63) is 53.1 Å². The highest BCUT2D eigenvalue weighted by Crippen LogP contribution is 2.53. The number of ether oxygens (including phenoxy) is 2. The first-order valence-corrected chi connectivity index (χ1v) is 10.8. The second-order valence-electron chi connectivity index (χ2n) is 8.18. The summed E-state index contributed by atoms with van der Waals surface area (Å²) in [6.07, 6.45) is 4.21. The van der Waals surface area contributed by atoms with Gasteiger partial charge in [-0.15, -0.1) is 0 Å². The lowest BCUT2D eigenvalue weighted by molar-refractivity contribution is -0.122. The maximum absolute atomic E-state index is 13.8. The van der Waals surface area contributed by atoms with Crippen LogP contribution in [0, 0.1) is 0 Å². The van der Waals surface area contributed by atoms with Gasteiger partial charge in [-0.3, -0.25) is 4.79 Å². The molecule has 1 unspecified atom stereocenters. The summed E-state index contributed by atoms with van der Waals surface area (Å²) >= 11 is 0. The zero-order valence-corrected chi connectivity index (χ0v) is 17.0. The van der Waals surface area contributed by atoms with Gasteiger partial charge < -0.3 is 19.7 Å².